The van der Waals surface area contributed by atoms with Crippen molar-refractivity contribution >= 4 is 40.5 Å². The van der Waals surface area contributed by atoms with Crippen molar-refractivity contribution < 1.29 is 13.2 Å². The highest BCUT2D eigenvalue weighted by Gasteiger charge is 2.56. The van der Waals surface area contributed by atoms with Crippen LogP contribution in [0.5, 0.6) is 0 Å². The molecule has 0 spiro atoms. The van der Waals surface area contributed by atoms with Crippen LogP contribution < -0.4 is 4.90 Å². The maximum absolute atomic E-state index is 13.7. The van der Waals surface area contributed by atoms with Gasteiger partial charge in [-0.05, 0) is 74.5 Å². The molecule has 6 aliphatic rings. The van der Waals surface area contributed by atoms with Gasteiger partial charge < -0.3 is 0 Å². The molecule has 4 aliphatic carbocycles. The zero-order chi connectivity index (χ0) is 24.6. The highest BCUT2D eigenvalue weighted by Crippen LogP contribution is 2.58. The maximum atomic E-state index is 13.7. The molecule has 0 amide bonds. The molecule has 1 unspecified atom stereocenters. The van der Waals surface area contributed by atoms with Gasteiger partial charge in [-0.1, -0.05) is 32.1 Å². The summed E-state index contributed by atoms with van der Waals surface area (Å²) in [5.41, 5.74) is -0.618. The van der Waals surface area contributed by atoms with E-state index in [4.69, 9.17) is 17.2 Å². The fourth-order valence-electron chi connectivity index (χ4n) is 8.04. The standard InChI is InChI=1S/C27H34F3N3S2/c1-25(2)22(32-6-8-35-9-7-32)23(31-26-14-17-10-18(15-26)12-19(11-17)16-26)33(24(25)34)21-5-3-4-20(13-21)27(28,29)30/h3-5,13,17-19,22H,6-12,14-16H2,1-2H3. The SMILES string of the molecule is CC1(C)C(=S)N(c2cccc(C(F)(F)F)c2)C(=NC23CC4CC(CC(C4)C2)C3)C1N1CCSCC1. The number of thioether (sulfide) groups is 1. The van der Waals surface area contributed by atoms with Crippen molar-refractivity contribution in [3.8, 4) is 0 Å². The Labute approximate surface area is 215 Å². The molecule has 4 saturated carbocycles. The molecular formula is C27H34F3N3S2. The van der Waals surface area contributed by atoms with E-state index >= 15 is 0 Å². The molecular weight excluding hydrogens is 487 g/mol. The fourth-order valence-corrected chi connectivity index (χ4v) is 9.28. The normalized spacial score (nSPS) is 38.0. The Kier molecular flexibility index (Phi) is 5.85. The number of halogens is 3. The Morgan fingerprint density at radius 1 is 1.00 bits per heavy atom. The zero-order valence-electron chi connectivity index (χ0n) is 20.5. The Bertz CT molecular complexity index is 1010. The largest absolute Gasteiger partial charge is 0.416 e. The van der Waals surface area contributed by atoms with E-state index in [1.54, 1.807) is 6.07 Å². The van der Waals surface area contributed by atoms with Crippen molar-refractivity contribution in [2.24, 2.45) is 28.2 Å². The van der Waals surface area contributed by atoms with E-state index in [1.807, 2.05) is 16.7 Å². The summed E-state index contributed by atoms with van der Waals surface area (Å²) in [5.74, 6) is 5.27. The van der Waals surface area contributed by atoms with E-state index in [1.165, 1.54) is 31.4 Å². The van der Waals surface area contributed by atoms with Crippen LogP contribution in [0.1, 0.15) is 57.9 Å². The first kappa shape index (κ1) is 24.2. The van der Waals surface area contributed by atoms with Gasteiger partial charge in [-0.3, -0.25) is 14.8 Å². The molecule has 1 aromatic rings. The van der Waals surface area contributed by atoms with Gasteiger partial charge in [-0.15, -0.1) is 0 Å². The number of hydrogen-bond acceptors (Lipinski definition) is 4. The van der Waals surface area contributed by atoms with Gasteiger partial charge in [-0.2, -0.15) is 24.9 Å². The Hall–Kier alpha value is -1.12. The highest BCUT2D eigenvalue weighted by molar-refractivity contribution is 7.99. The Morgan fingerprint density at radius 2 is 1.60 bits per heavy atom. The minimum atomic E-state index is -4.40. The van der Waals surface area contributed by atoms with Gasteiger partial charge in [0.15, 0.2) is 0 Å². The third-order valence-electron chi connectivity index (χ3n) is 9.11. The van der Waals surface area contributed by atoms with Gasteiger partial charge >= 0.3 is 6.18 Å². The lowest BCUT2D eigenvalue weighted by molar-refractivity contribution is -0.137. The molecule has 0 aromatic heterocycles. The number of aliphatic imine (C=N–C) groups is 1. The van der Waals surface area contributed by atoms with Crippen molar-refractivity contribution in [2.45, 2.75) is 70.1 Å². The molecule has 8 heteroatoms. The molecule has 2 aliphatic heterocycles. The number of alkyl halides is 3. The minimum absolute atomic E-state index is 0.0153. The monoisotopic (exact) mass is 521 g/mol. The highest BCUT2D eigenvalue weighted by atomic mass is 32.2. The summed E-state index contributed by atoms with van der Waals surface area (Å²) in [4.78, 5) is 10.8. The zero-order valence-corrected chi connectivity index (χ0v) is 22.1. The van der Waals surface area contributed by atoms with E-state index < -0.39 is 17.2 Å². The molecule has 35 heavy (non-hydrogen) atoms. The molecule has 1 atom stereocenters. The summed E-state index contributed by atoms with van der Waals surface area (Å²) in [7, 11) is 0. The summed E-state index contributed by atoms with van der Waals surface area (Å²) in [6.07, 6.45) is 2.96. The van der Waals surface area contributed by atoms with E-state index in [2.05, 4.69) is 18.7 Å². The first-order valence-electron chi connectivity index (χ1n) is 13.0. The minimum Gasteiger partial charge on any atom is -0.291 e. The van der Waals surface area contributed by atoms with Crippen LogP contribution in [0.3, 0.4) is 0 Å². The maximum Gasteiger partial charge on any atom is 0.416 e. The number of thiocarbonyl (C=S) groups is 1. The van der Waals surface area contributed by atoms with Crippen LogP contribution in [-0.4, -0.2) is 51.9 Å². The van der Waals surface area contributed by atoms with Gasteiger partial charge in [0.25, 0.3) is 0 Å². The third-order valence-corrected chi connectivity index (χ3v) is 10.8. The summed E-state index contributed by atoms with van der Waals surface area (Å²) in [5, 5.41) is 0. The van der Waals surface area contributed by atoms with E-state index in [9.17, 15) is 13.2 Å². The smallest absolute Gasteiger partial charge is 0.291 e. The molecule has 0 N–H and O–H groups in total. The number of anilines is 1. The van der Waals surface area contributed by atoms with E-state index in [0.717, 1.165) is 73.5 Å². The molecule has 3 nitrogen and oxygen atoms in total. The average Bonchev–Trinajstić information content (AvgIpc) is 2.97. The quantitative estimate of drug-likeness (QED) is 0.414. The van der Waals surface area contributed by atoms with Gasteiger partial charge in [0, 0.05) is 35.7 Å². The number of hydrogen-bond donors (Lipinski definition) is 0. The molecule has 0 radical (unpaired) electrons. The summed E-state index contributed by atoms with van der Waals surface area (Å²) in [6, 6.07) is 5.65. The first-order chi connectivity index (χ1) is 16.6. The number of amidine groups is 1. The lowest BCUT2D eigenvalue weighted by Crippen LogP contribution is -2.54. The van der Waals surface area contributed by atoms with Crippen molar-refractivity contribution in [1.82, 2.24) is 4.90 Å². The van der Waals surface area contributed by atoms with Gasteiger partial charge in [0.2, 0.25) is 0 Å². The lowest BCUT2D eigenvalue weighted by Gasteiger charge is -2.55. The summed E-state index contributed by atoms with van der Waals surface area (Å²) < 4.78 is 41.0. The van der Waals surface area contributed by atoms with E-state index in [0.29, 0.717) is 10.7 Å². The predicted octanol–water partition coefficient (Wildman–Crippen LogP) is 6.66. The number of benzene rings is 1. The average molecular weight is 522 g/mol. The fraction of sp³-hybridized carbons (Fsp3) is 0.704. The second-order valence-corrected chi connectivity index (χ2v) is 13.7. The van der Waals surface area contributed by atoms with Crippen molar-refractivity contribution in [3.63, 3.8) is 0 Å². The van der Waals surface area contributed by atoms with Crippen LogP contribution >= 0.6 is 24.0 Å². The van der Waals surface area contributed by atoms with Crippen molar-refractivity contribution in [1.29, 1.82) is 0 Å². The van der Waals surface area contributed by atoms with Crippen molar-refractivity contribution in [2.75, 3.05) is 29.5 Å². The molecule has 6 fully saturated rings. The van der Waals surface area contributed by atoms with Gasteiger partial charge in [0.1, 0.15) is 5.84 Å². The van der Waals surface area contributed by atoms with Gasteiger partial charge in [-0.25, -0.2) is 0 Å². The van der Waals surface area contributed by atoms with Crippen LogP contribution in [0, 0.1) is 23.2 Å². The first-order valence-corrected chi connectivity index (χ1v) is 14.6. The second kappa shape index (κ2) is 8.45. The predicted molar refractivity (Wildman–Crippen MR) is 141 cm³/mol. The van der Waals surface area contributed by atoms with Crippen LogP contribution in [0.4, 0.5) is 18.9 Å². The molecule has 2 heterocycles. The molecule has 7 rings (SSSR count). The lowest BCUT2D eigenvalue weighted by atomic mass is 9.53. The Balaban J connectivity index is 1.48. The van der Waals surface area contributed by atoms with Gasteiger partial charge in [0.05, 0.1) is 22.1 Å². The topological polar surface area (TPSA) is 18.8 Å². The summed E-state index contributed by atoms with van der Waals surface area (Å²) >= 11 is 8.02. The summed E-state index contributed by atoms with van der Waals surface area (Å²) in [6.45, 7) is 6.23. The molecule has 4 bridgehead atoms. The number of rotatable bonds is 3. The molecule has 2 saturated heterocycles. The molecule has 190 valence electrons. The Morgan fingerprint density at radius 3 is 2.17 bits per heavy atom. The van der Waals surface area contributed by atoms with Crippen molar-refractivity contribution in [3.05, 3.63) is 29.8 Å². The molecule has 1 aromatic carbocycles. The van der Waals surface area contributed by atoms with Crippen LogP contribution in [0.25, 0.3) is 0 Å². The number of nitrogens with zero attached hydrogens (tertiary/aromatic N) is 3. The van der Waals surface area contributed by atoms with E-state index in [-0.39, 0.29) is 11.6 Å². The van der Waals surface area contributed by atoms with Crippen LogP contribution in [0.2, 0.25) is 0 Å². The van der Waals surface area contributed by atoms with Crippen LogP contribution in [0.15, 0.2) is 29.3 Å². The van der Waals surface area contributed by atoms with Crippen LogP contribution in [-0.2, 0) is 6.18 Å². The third kappa shape index (κ3) is 4.15. The second-order valence-electron chi connectivity index (χ2n) is 12.1.